The van der Waals surface area contributed by atoms with Gasteiger partial charge in [0.05, 0.1) is 25.0 Å². The highest BCUT2D eigenvalue weighted by Gasteiger charge is 2.35. The zero-order chi connectivity index (χ0) is 25.4. The normalized spacial score (nSPS) is 19.4. The lowest BCUT2D eigenvalue weighted by Gasteiger charge is -2.32. The Morgan fingerprint density at radius 1 is 1.14 bits per heavy atom. The highest BCUT2D eigenvalue weighted by atomic mass is 16.5. The molecule has 1 aliphatic carbocycles. The van der Waals surface area contributed by atoms with Crippen molar-refractivity contribution in [1.82, 2.24) is 30.1 Å². The van der Waals surface area contributed by atoms with Gasteiger partial charge in [0.2, 0.25) is 0 Å². The minimum absolute atomic E-state index is 0.0812. The van der Waals surface area contributed by atoms with Gasteiger partial charge in [0.25, 0.3) is 5.56 Å². The highest BCUT2D eigenvalue weighted by Crippen LogP contribution is 2.35. The molecule has 2 fully saturated rings. The summed E-state index contributed by atoms with van der Waals surface area (Å²) in [6.07, 6.45) is 8.21. The van der Waals surface area contributed by atoms with Crippen LogP contribution in [0.4, 0.5) is 0 Å². The summed E-state index contributed by atoms with van der Waals surface area (Å²) < 4.78 is 13.8. The van der Waals surface area contributed by atoms with Crippen molar-refractivity contribution in [3.8, 4) is 0 Å². The van der Waals surface area contributed by atoms with Gasteiger partial charge in [0.1, 0.15) is 11.8 Å². The summed E-state index contributed by atoms with van der Waals surface area (Å²) in [6, 6.07) is 9.84. The fourth-order valence-electron chi connectivity index (χ4n) is 5.90. The van der Waals surface area contributed by atoms with Gasteiger partial charge in [-0.15, -0.1) is 5.10 Å². The molecule has 1 N–H and O–H groups in total. The summed E-state index contributed by atoms with van der Waals surface area (Å²) in [5, 5.41) is 14.1. The van der Waals surface area contributed by atoms with Crippen LogP contribution in [0.25, 0.3) is 10.9 Å². The molecule has 9 nitrogen and oxygen atoms in total. The number of pyridine rings is 1. The Labute approximate surface area is 215 Å². The number of tetrazole rings is 1. The van der Waals surface area contributed by atoms with Gasteiger partial charge < -0.3 is 14.1 Å². The first-order valence-electron chi connectivity index (χ1n) is 13.4. The van der Waals surface area contributed by atoms with E-state index in [2.05, 4.69) is 45.3 Å². The monoisotopic (exact) mass is 502 g/mol. The lowest BCUT2D eigenvalue weighted by molar-refractivity contribution is 0.0541. The van der Waals surface area contributed by atoms with Crippen LogP contribution in [0.15, 0.2) is 45.8 Å². The summed E-state index contributed by atoms with van der Waals surface area (Å²) in [7, 11) is 0. The molecule has 4 aromatic rings. The van der Waals surface area contributed by atoms with Crippen LogP contribution in [-0.2, 0) is 11.3 Å². The van der Waals surface area contributed by atoms with Crippen LogP contribution in [0.1, 0.15) is 78.9 Å². The van der Waals surface area contributed by atoms with E-state index < -0.39 is 6.04 Å². The second-order valence-electron chi connectivity index (χ2n) is 10.5. The van der Waals surface area contributed by atoms with E-state index in [9.17, 15) is 4.79 Å². The van der Waals surface area contributed by atoms with E-state index in [-0.39, 0.29) is 17.7 Å². The number of aryl methyl sites for hydroxylation is 2. The minimum atomic E-state index is -0.459. The number of nitrogens with one attached hydrogen (secondary N) is 1. The number of benzene rings is 1. The molecule has 194 valence electrons. The van der Waals surface area contributed by atoms with E-state index in [1.165, 1.54) is 5.56 Å². The van der Waals surface area contributed by atoms with Gasteiger partial charge >= 0.3 is 0 Å². The van der Waals surface area contributed by atoms with Crippen LogP contribution >= 0.6 is 0 Å². The molecular weight excluding hydrogens is 468 g/mol. The van der Waals surface area contributed by atoms with Crippen molar-refractivity contribution < 1.29 is 9.15 Å². The van der Waals surface area contributed by atoms with Gasteiger partial charge in [-0.25, -0.2) is 4.68 Å². The molecule has 0 unspecified atom stereocenters. The van der Waals surface area contributed by atoms with Crippen LogP contribution < -0.4 is 5.56 Å². The standard InChI is InChI=1S/C28H34N6O3/c1-18-13-20-15-24(28(35)29-25(20)14-19(18)2)26(27-30-31-32-34(27)21-7-3-4-8-21)33(16-22-9-5-11-36-22)17-23-10-6-12-37-23/h5,9,11,13-15,21,23,26H,3-4,6-8,10,12,16-17H2,1-2H3,(H,29,35)/t23-,26+/m0/s1. The Morgan fingerprint density at radius 3 is 2.73 bits per heavy atom. The van der Waals surface area contributed by atoms with Crippen molar-refractivity contribution in [2.24, 2.45) is 0 Å². The van der Waals surface area contributed by atoms with Crippen LogP contribution in [-0.4, -0.2) is 49.3 Å². The van der Waals surface area contributed by atoms with E-state index in [1.807, 2.05) is 28.9 Å². The van der Waals surface area contributed by atoms with Gasteiger partial charge in [-0.05, 0) is 96.8 Å². The number of hydrogen-bond donors (Lipinski definition) is 1. The molecule has 0 spiro atoms. The van der Waals surface area contributed by atoms with Gasteiger partial charge in [0, 0.05) is 24.2 Å². The van der Waals surface area contributed by atoms with Gasteiger partial charge in [-0.2, -0.15) is 0 Å². The Kier molecular flexibility index (Phi) is 6.65. The summed E-state index contributed by atoms with van der Waals surface area (Å²) in [5.41, 5.74) is 3.68. The second-order valence-corrected chi connectivity index (χ2v) is 10.5. The third kappa shape index (κ3) is 4.85. The Hall–Kier alpha value is -3.30. The maximum absolute atomic E-state index is 13.7. The van der Waals surface area contributed by atoms with Crippen molar-refractivity contribution in [2.75, 3.05) is 13.2 Å². The molecule has 2 aliphatic rings. The highest BCUT2D eigenvalue weighted by molar-refractivity contribution is 5.81. The molecule has 3 aromatic heterocycles. The maximum atomic E-state index is 13.7. The summed E-state index contributed by atoms with van der Waals surface area (Å²) >= 11 is 0. The van der Waals surface area contributed by atoms with E-state index in [1.54, 1.807) is 6.26 Å². The number of aromatic amines is 1. The Morgan fingerprint density at radius 2 is 1.97 bits per heavy atom. The quantitative estimate of drug-likeness (QED) is 0.375. The fourth-order valence-corrected chi connectivity index (χ4v) is 5.90. The number of fused-ring (bicyclic) bond motifs is 1. The average molecular weight is 503 g/mol. The van der Waals surface area contributed by atoms with Crippen molar-refractivity contribution in [3.05, 3.63) is 75.2 Å². The topological polar surface area (TPSA) is 102 Å². The number of furan rings is 1. The van der Waals surface area contributed by atoms with Crippen molar-refractivity contribution in [3.63, 3.8) is 0 Å². The number of nitrogens with zero attached hydrogens (tertiary/aromatic N) is 5. The molecule has 0 amide bonds. The van der Waals surface area contributed by atoms with E-state index in [4.69, 9.17) is 9.15 Å². The number of rotatable bonds is 8. The first kappa shape index (κ1) is 24.1. The molecule has 4 heterocycles. The lowest BCUT2D eigenvalue weighted by Crippen LogP contribution is -2.39. The molecule has 2 atom stereocenters. The van der Waals surface area contributed by atoms with E-state index in [0.29, 0.717) is 24.5 Å². The molecule has 9 heteroatoms. The first-order chi connectivity index (χ1) is 18.1. The third-order valence-electron chi connectivity index (χ3n) is 7.98. The molecule has 1 saturated heterocycles. The maximum Gasteiger partial charge on any atom is 0.253 e. The predicted molar refractivity (Wildman–Crippen MR) is 139 cm³/mol. The van der Waals surface area contributed by atoms with Crippen molar-refractivity contribution in [1.29, 1.82) is 0 Å². The molecular formula is C28H34N6O3. The summed E-state index contributed by atoms with van der Waals surface area (Å²) in [6.45, 7) is 6.08. The number of H-pyrrole nitrogens is 1. The second kappa shape index (κ2) is 10.2. The molecule has 37 heavy (non-hydrogen) atoms. The molecule has 1 aliphatic heterocycles. The smallest absolute Gasteiger partial charge is 0.253 e. The van der Waals surface area contributed by atoms with Gasteiger partial charge in [0.15, 0.2) is 5.82 Å². The number of hydrogen-bond acceptors (Lipinski definition) is 7. The Bertz CT molecular complexity index is 1410. The lowest BCUT2D eigenvalue weighted by atomic mass is 10.00. The predicted octanol–water partition coefficient (Wildman–Crippen LogP) is 4.61. The molecule has 0 radical (unpaired) electrons. The van der Waals surface area contributed by atoms with Crippen molar-refractivity contribution >= 4 is 10.9 Å². The number of ether oxygens (including phenoxy) is 1. The van der Waals surface area contributed by atoms with E-state index in [0.717, 1.165) is 67.4 Å². The average Bonchev–Trinajstić information content (AvgIpc) is 3.69. The number of aromatic nitrogens is 5. The van der Waals surface area contributed by atoms with Crippen molar-refractivity contribution in [2.45, 2.75) is 77.1 Å². The van der Waals surface area contributed by atoms with Crippen LogP contribution in [0, 0.1) is 13.8 Å². The fraction of sp³-hybridized carbons (Fsp3) is 0.500. The first-order valence-corrected chi connectivity index (χ1v) is 13.4. The summed E-state index contributed by atoms with van der Waals surface area (Å²) in [4.78, 5) is 19.1. The third-order valence-corrected chi connectivity index (χ3v) is 7.98. The van der Waals surface area contributed by atoms with Crippen LogP contribution in [0.2, 0.25) is 0 Å². The van der Waals surface area contributed by atoms with Gasteiger partial charge in [-0.1, -0.05) is 12.8 Å². The van der Waals surface area contributed by atoms with Crippen LogP contribution in [0.5, 0.6) is 0 Å². The van der Waals surface area contributed by atoms with E-state index >= 15 is 0 Å². The Balaban J connectivity index is 1.51. The minimum Gasteiger partial charge on any atom is -0.468 e. The molecule has 6 rings (SSSR count). The summed E-state index contributed by atoms with van der Waals surface area (Å²) in [5.74, 6) is 1.52. The molecule has 1 aromatic carbocycles. The van der Waals surface area contributed by atoms with Gasteiger partial charge in [-0.3, -0.25) is 9.69 Å². The molecule has 0 bridgehead atoms. The van der Waals surface area contributed by atoms with Crippen LogP contribution in [0.3, 0.4) is 0 Å². The largest absolute Gasteiger partial charge is 0.468 e. The SMILES string of the molecule is Cc1cc2cc([C@H](c3nnnn3C3CCCC3)N(Cc3ccco3)C[C@@H]3CCCO3)c(=O)[nH]c2cc1C. The zero-order valence-electron chi connectivity index (χ0n) is 21.5. The zero-order valence-corrected chi connectivity index (χ0v) is 21.5. The molecule has 1 saturated carbocycles.